The molecule has 1 N–H and O–H groups in total. The Morgan fingerprint density at radius 2 is 2.13 bits per heavy atom. The van der Waals surface area contributed by atoms with Crippen LogP contribution in [-0.2, 0) is 0 Å². The molecule has 0 fully saturated rings. The molecule has 0 saturated heterocycles. The van der Waals surface area contributed by atoms with E-state index in [4.69, 9.17) is 0 Å². The average molecular weight is 218 g/mol. The quantitative estimate of drug-likeness (QED) is 0.787. The van der Waals surface area contributed by atoms with Crippen LogP contribution in [0.15, 0.2) is 46.6 Å². The van der Waals surface area contributed by atoms with Crippen LogP contribution in [0.1, 0.15) is 5.69 Å². The molecule has 3 nitrogen and oxygen atoms in total. The predicted molar refractivity (Wildman–Crippen MR) is 59.0 cm³/mol. The van der Waals surface area contributed by atoms with Crippen LogP contribution < -0.4 is 0 Å². The van der Waals surface area contributed by atoms with Gasteiger partial charge in [-0.25, -0.2) is 9.97 Å². The van der Waals surface area contributed by atoms with Crippen LogP contribution in [0.3, 0.4) is 0 Å². The second kappa shape index (κ2) is 4.31. The molecule has 15 heavy (non-hydrogen) atoms. The lowest BCUT2D eigenvalue weighted by molar-refractivity contribution is 0.474. The molecule has 1 aromatic carbocycles. The summed E-state index contributed by atoms with van der Waals surface area (Å²) in [6.07, 6.45) is 1.73. The maximum atomic E-state index is 9.29. The minimum atomic E-state index is 0.257. The number of nitrogens with zero attached hydrogens (tertiary/aromatic N) is 2. The SMILES string of the molecule is Cc1ccnc(Sc2cccc(O)c2)n1. The minimum Gasteiger partial charge on any atom is -0.508 e. The van der Waals surface area contributed by atoms with Gasteiger partial charge in [0.05, 0.1) is 0 Å². The van der Waals surface area contributed by atoms with Crippen molar-refractivity contribution in [2.24, 2.45) is 0 Å². The summed E-state index contributed by atoms with van der Waals surface area (Å²) >= 11 is 1.43. The molecule has 0 bridgehead atoms. The number of aromatic nitrogens is 2. The molecule has 0 saturated carbocycles. The topological polar surface area (TPSA) is 46.0 Å². The number of aromatic hydroxyl groups is 1. The highest BCUT2D eigenvalue weighted by atomic mass is 32.2. The van der Waals surface area contributed by atoms with Crippen molar-refractivity contribution in [1.29, 1.82) is 0 Å². The van der Waals surface area contributed by atoms with Crippen molar-refractivity contribution < 1.29 is 5.11 Å². The number of aryl methyl sites for hydroxylation is 1. The Morgan fingerprint density at radius 3 is 2.87 bits per heavy atom. The fraction of sp³-hybridized carbons (Fsp3) is 0.0909. The molecule has 0 atom stereocenters. The molecule has 0 unspecified atom stereocenters. The number of hydrogen-bond acceptors (Lipinski definition) is 4. The van der Waals surface area contributed by atoms with Crippen molar-refractivity contribution in [3.63, 3.8) is 0 Å². The summed E-state index contributed by atoms with van der Waals surface area (Å²) in [5.74, 6) is 0.257. The molecule has 0 amide bonds. The molecule has 1 aromatic heterocycles. The molecule has 0 radical (unpaired) electrons. The monoisotopic (exact) mass is 218 g/mol. The van der Waals surface area contributed by atoms with Gasteiger partial charge < -0.3 is 5.11 Å². The predicted octanol–water partition coefficient (Wildman–Crippen LogP) is 2.64. The van der Waals surface area contributed by atoms with Crippen LogP contribution >= 0.6 is 11.8 Å². The molecule has 0 aliphatic carbocycles. The smallest absolute Gasteiger partial charge is 0.192 e. The van der Waals surface area contributed by atoms with Gasteiger partial charge in [-0.2, -0.15) is 0 Å². The second-order valence-corrected chi connectivity index (χ2v) is 4.12. The zero-order valence-electron chi connectivity index (χ0n) is 8.21. The molecule has 76 valence electrons. The van der Waals surface area contributed by atoms with Crippen LogP contribution in [0.4, 0.5) is 0 Å². The Labute approximate surface area is 92.2 Å². The van der Waals surface area contributed by atoms with Crippen LogP contribution in [-0.4, -0.2) is 15.1 Å². The van der Waals surface area contributed by atoms with E-state index in [1.807, 2.05) is 19.1 Å². The van der Waals surface area contributed by atoms with Crippen LogP contribution in [0.25, 0.3) is 0 Å². The number of phenolic OH excluding ortho intramolecular Hbond substituents is 1. The first-order valence-corrected chi connectivity index (χ1v) is 5.32. The van der Waals surface area contributed by atoms with E-state index in [1.165, 1.54) is 11.8 Å². The summed E-state index contributed by atoms with van der Waals surface area (Å²) in [7, 11) is 0. The normalized spacial score (nSPS) is 10.2. The van der Waals surface area contributed by atoms with Gasteiger partial charge in [0.15, 0.2) is 5.16 Å². The lowest BCUT2D eigenvalue weighted by Gasteiger charge is -2.00. The summed E-state index contributed by atoms with van der Waals surface area (Å²) in [5, 5.41) is 9.99. The van der Waals surface area contributed by atoms with Crippen molar-refractivity contribution in [1.82, 2.24) is 9.97 Å². The first-order valence-electron chi connectivity index (χ1n) is 4.50. The highest BCUT2D eigenvalue weighted by Gasteiger charge is 2.00. The van der Waals surface area contributed by atoms with E-state index in [9.17, 15) is 5.11 Å². The van der Waals surface area contributed by atoms with E-state index in [-0.39, 0.29) is 5.75 Å². The molecule has 0 aliphatic rings. The van der Waals surface area contributed by atoms with E-state index in [0.29, 0.717) is 5.16 Å². The highest BCUT2D eigenvalue weighted by Crippen LogP contribution is 2.26. The van der Waals surface area contributed by atoms with Crippen molar-refractivity contribution in [2.75, 3.05) is 0 Å². The van der Waals surface area contributed by atoms with E-state index in [0.717, 1.165) is 10.6 Å². The third-order valence-electron chi connectivity index (χ3n) is 1.80. The van der Waals surface area contributed by atoms with E-state index in [2.05, 4.69) is 9.97 Å². The standard InChI is InChI=1S/C11H10N2OS/c1-8-5-6-12-11(13-8)15-10-4-2-3-9(14)7-10/h2-7,14H,1H3. The van der Waals surface area contributed by atoms with E-state index < -0.39 is 0 Å². The summed E-state index contributed by atoms with van der Waals surface area (Å²) in [5.41, 5.74) is 0.938. The third kappa shape index (κ3) is 2.70. The summed E-state index contributed by atoms with van der Waals surface area (Å²) in [6, 6.07) is 8.90. The van der Waals surface area contributed by atoms with Crippen LogP contribution in [0.5, 0.6) is 5.75 Å². The van der Waals surface area contributed by atoms with Crippen molar-refractivity contribution in [3.8, 4) is 5.75 Å². The van der Waals surface area contributed by atoms with Gasteiger partial charge >= 0.3 is 0 Å². The Hall–Kier alpha value is -1.55. The molecule has 0 spiro atoms. The lowest BCUT2D eigenvalue weighted by Crippen LogP contribution is -1.87. The molecule has 2 aromatic rings. The maximum absolute atomic E-state index is 9.29. The largest absolute Gasteiger partial charge is 0.508 e. The fourth-order valence-electron chi connectivity index (χ4n) is 1.13. The van der Waals surface area contributed by atoms with Gasteiger partial charge in [-0.05, 0) is 43.0 Å². The van der Waals surface area contributed by atoms with Gasteiger partial charge in [-0.3, -0.25) is 0 Å². The Balaban J connectivity index is 2.22. The second-order valence-electron chi connectivity index (χ2n) is 3.08. The van der Waals surface area contributed by atoms with E-state index >= 15 is 0 Å². The summed E-state index contributed by atoms with van der Waals surface area (Å²) in [6.45, 7) is 1.92. The first kappa shape index (κ1) is 9.98. The van der Waals surface area contributed by atoms with E-state index in [1.54, 1.807) is 24.4 Å². The summed E-state index contributed by atoms with van der Waals surface area (Å²) in [4.78, 5) is 9.33. The molecule has 1 heterocycles. The van der Waals surface area contributed by atoms with Gasteiger partial charge in [0.2, 0.25) is 0 Å². The molecule has 2 rings (SSSR count). The Morgan fingerprint density at radius 1 is 1.27 bits per heavy atom. The number of phenols is 1. The third-order valence-corrected chi connectivity index (χ3v) is 2.67. The lowest BCUT2D eigenvalue weighted by atomic mass is 10.3. The van der Waals surface area contributed by atoms with Crippen LogP contribution in [0, 0.1) is 6.92 Å². The first-order chi connectivity index (χ1) is 7.24. The van der Waals surface area contributed by atoms with Crippen molar-refractivity contribution >= 4 is 11.8 Å². The molecular formula is C11H10N2OS. The van der Waals surface area contributed by atoms with Crippen molar-refractivity contribution in [3.05, 3.63) is 42.2 Å². The Bertz CT molecular complexity index is 430. The fourth-order valence-corrected chi connectivity index (χ4v) is 1.97. The average Bonchev–Trinajstić information content (AvgIpc) is 2.17. The van der Waals surface area contributed by atoms with Gasteiger partial charge in [0.25, 0.3) is 0 Å². The number of hydrogen-bond donors (Lipinski definition) is 1. The molecular weight excluding hydrogens is 208 g/mol. The van der Waals surface area contributed by atoms with Crippen LogP contribution in [0.2, 0.25) is 0 Å². The number of rotatable bonds is 2. The maximum Gasteiger partial charge on any atom is 0.192 e. The number of benzene rings is 1. The zero-order valence-corrected chi connectivity index (χ0v) is 9.03. The molecule has 4 heteroatoms. The van der Waals surface area contributed by atoms with Gasteiger partial charge in [-0.15, -0.1) is 0 Å². The Kier molecular flexibility index (Phi) is 2.87. The zero-order chi connectivity index (χ0) is 10.7. The minimum absolute atomic E-state index is 0.257. The van der Waals surface area contributed by atoms with Crippen molar-refractivity contribution in [2.45, 2.75) is 17.0 Å². The summed E-state index contributed by atoms with van der Waals surface area (Å²) < 4.78 is 0. The van der Waals surface area contributed by atoms with Gasteiger partial charge in [0, 0.05) is 16.8 Å². The van der Waals surface area contributed by atoms with Gasteiger partial charge in [0.1, 0.15) is 5.75 Å². The highest BCUT2D eigenvalue weighted by molar-refractivity contribution is 7.99. The van der Waals surface area contributed by atoms with Gasteiger partial charge in [-0.1, -0.05) is 6.07 Å². The molecule has 0 aliphatic heterocycles.